The minimum Gasteiger partial charge on any atom is -0.388 e. The Kier molecular flexibility index (Phi) is 5.48. The molecule has 0 saturated carbocycles. The number of aromatic nitrogens is 2. The Hall–Kier alpha value is -0.880. The first-order chi connectivity index (χ1) is 7.65. The van der Waals surface area contributed by atoms with Gasteiger partial charge in [-0.1, -0.05) is 19.1 Å². The fraction of sp³-hybridized carbons (Fsp3) is 0.500. The van der Waals surface area contributed by atoms with Crippen molar-refractivity contribution in [2.45, 2.75) is 18.6 Å². The second kappa shape index (κ2) is 6.65. The van der Waals surface area contributed by atoms with Crippen LogP contribution in [0.25, 0.3) is 0 Å². The lowest BCUT2D eigenvalue weighted by Gasteiger charge is -2.11. The Morgan fingerprint density at radius 2 is 2.25 bits per heavy atom. The summed E-state index contributed by atoms with van der Waals surface area (Å²) in [6.07, 6.45) is 6.38. The van der Waals surface area contributed by atoms with E-state index >= 15 is 0 Å². The maximum atomic E-state index is 5.56. The number of thiocarbonyl (C=S) groups is 1. The van der Waals surface area contributed by atoms with Crippen LogP contribution in [-0.4, -0.2) is 33.0 Å². The van der Waals surface area contributed by atoms with Crippen molar-refractivity contribution in [3.05, 3.63) is 18.1 Å². The number of nitrogens with one attached hydrogen (secondary N) is 1. The van der Waals surface area contributed by atoms with E-state index in [0.29, 0.717) is 16.8 Å². The predicted octanol–water partition coefficient (Wildman–Crippen LogP) is 1.66. The summed E-state index contributed by atoms with van der Waals surface area (Å²) >= 11 is 6.75. The zero-order valence-corrected chi connectivity index (χ0v) is 11.1. The van der Waals surface area contributed by atoms with Crippen molar-refractivity contribution in [2.24, 2.45) is 5.73 Å². The van der Waals surface area contributed by atoms with Crippen LogP contribution in [-0.2, 0) is 0 Å². The van der Waals surface area contributed by atoms with Gasteiger partial charge in [-0.05, 0) is 12.7 Å². The number of hydrogen-bond acceptors (Lipinski definition) is 5. The zero-order valence-electron chi connectivity index (χ0n) is 9.43. The van der Waals surface area contributed by atoms with E-state index in [4.69, 9.17) is 18.0 Å². The van der Waals surface area contributed by atoms with E-state index in [0.717, 1.165) is 13.0 Å². The lowest BCUT2D eigenvalue weighted by Crippen LogP contribution is -2.17. The molecule has 4 nitrogen and oxygen atoms in total. The summed E-state index contributed by atoms with van der Waals surface area (Å²) in [5.41, 5.74) is 6.12. The lowest BCUT2D eigenvalue weighted by molar-refractivity contribution is 0.848. The second-order valence-corrected chi connectivity index (χ2v) is 5.10. The zero-order chi connectivity index (χ0) is 12.0. The molecule has 3 N–H and O–H groups in total. The Balaban J connectivity index is 2.56. The maximum Gasteiger partial charge on any atom is 0.155 e. The number of nitrogens with two attached hydrogens (primary N) is 1. The Morgan fingerprint density at radius 3 is 2.88 bits per heavy atom. The van der Waals surface area contributed by atoms with Crippen LogP contribution in [0, 0.1) is 0 Å². The average molecular weight is 256 g/mol. The fourth-order valence-corrected chi connectivity index (χ4v) is 1.66. The molecule has 0 aliphatic heterocycles. The molecule has 1 rings (SSSR count). The van der Waals surface area contributed by atoms with Crippen molar-refractivity contribution in [1.82, 2.24) is 9.97 Å². The molecule has 0 fully saturated rings. The Bertz CT molecular complexity index is 356. The van der Waals surface area contributed by atoms with Crippen molar-refractivity contribution < 1.29 is 0 Å². The van der Waals surface area contributed by atoms with Gasteiger partial charge < -0.3 is 11.1 Å². The molecule has 16 heavy (non-hydrogen) atoms. The van der Waals surface area contributed by atoms with Crippen molar-refractivity contribution in [2.75, 3.05) is 18.1 Å². The standard InChI is InChI=1S/C10H16N4S2/c1-7(16-2)3-4-13-10-8(9(11)15)12-5-6-14-10/h5-7H,3-4H2,1-2H3,(H2,11,15)(H,13,14). The first-order valence-corrected chi connectivity index (χ1v) is 6.72. The van der Waals surface area contributed by atoms with Crippen molar-refractivity contribution >= 4 is 34.8 Å². The third kappa shape index (κ3) is 3.94. The number of anilines is 1. The SMILES string of the molecule is CSC(C)CCNc1nccnc1C(N)=S. The van der Waals surface area contributed by atoms with Gasteiger partial charge in [0.1, 0.15) is 10.7 Å². The molecule has 0 aliphatic carbocycles. The summed E-state index contributed by atoms with van der Waals surface area (Å²) in [4.78, 5) is 8.55. The van der Waals surface area contributed by atoms with Crippen molar-refractivity contribution in [1.29, 1.82) is 0 Å². The highest BCUT2D eigenvalue weighted by Gasteiger charge is 2.07. The van der Waals surface area contributed by atoms with E-state index in [1.165, 1.54) is 0 Å². The number of hydrogen-bond donors (Lipinski definition) is 2. The lowest BCUT2D eigenvalue weighted by atomic mass is 10.3. The van der Waals surface area contributed by atoms with Crippen LogP contribution in [0.1, 0.15) is 19.0 Å². The van der Waals surface area contributed by atoms with Gasteiger partial charge in [-0.15, -0.1) is 0 Å². The quantitative estimate of drug-likeness (QED) is 0.755. The fourth-order valence-electron chi connectivity index (χ4n) is 1.16. The number of rotatable bonds is 6. The van der Waals surface area contributed by atoms with E-state index < -0.39 is 0 Å². The minimum absolute atomic E-state index is 0.272. The maximum absolute atomic E-state index is 5.56. The van der Waals surface area contributed by atoms with Gasteiger partial charge in [-0.3, -0.25) is 0 Å². The molecule has 0 bridgehead atoms. The summed E-state index contributed by atoms with van der Waals surface area (Å²) < 4.78 is 0. The first kappa shape index (κ1) is 13.2. The first-order valence-electron chi connectivity index (χ1n) is 5.02. The van der Waals surface area contributed by atoms with Crippen LogP contribution in [0.15, 0.2) is 12.4 Å². The van der Waals surface area contributed by atoms with Crippen molar-refractivity contribution in [3.63, 3.8) is 0 Å². The molecule has 0 aromatic carbocycles. The van der Waals surface area contributed by atoms with Gasteiger partial charge in [0.05, 0.1) is 0 Å². The van der Waals surface area contributed by atoms with Gasteiger partial charge in [0.2, 0.25) is 0 Å². The van der Waals surface area contributed by atoms with Gasteiger partial charge in [0, 0.05) is 24.2 Å². The predicted molar refractivity (Wildman–Crippen MR) is 74.0 cm³/mol. The van der Waals surface area contributed by atoms with Gasteiger partial charge in [0.25, 0.3) is 0 Å². The molecule has 6 heteroatoms. The Morgan fingerprint density at radius 1 is 1.56 bits per heavy atom. The largest absolute Gasteiger partial charge is 0.388 e. The van der Waals surface area contributed by atoms with Crippen LogP contribution in [0.2, 0.25) is 0 Å². The molecule has 0 aliphatic rings. The molecule has 1 unspecified atom stereocenters. The highest BCUT2D eigenvalue weighted by Crippen LogP contribution is 2.11. The van der Waals surface area contributed by atoms with Gasteiger partial charge >= 0.3 is 0 Å². The molecule has 1 aromatic heterocycles. The molecule has 0 radical (unpaired) electrons. The van der Waals surface area contributed by atoms with E-state index in [1.54, 1.807) is 12.4 Å². The van der Waals surface area contributed by atoms with E-state index in [2.05, 4.69) is 28.5 Å². The smallest absolute Gasteiger partial charge is 0.155 e. The van der Waals surface area contributed by atoms with Crippen LogP contribution in [0.3, 0.4) is 0 Å². The van der Waals surface area contributed by atoms with Crippen LogP contribution < -0.4 is 11.1 Å². The van der Waals surface area contributed by atoms with Gasteiger partial charge in [-0.25, -0.2) is 9.97 Å². The highest BCUT2D eigenvalue weighted by atomic mass is 32.2. The summed E-state index contributed by atoms with van der Waals surface area (Å²) in [5.74, 6) is 0.670. The summed E-state index contributed by atoms with van der Waals surface area (Å²) in [5, 5.41) is 3.83. The topological polar surface area (TPSA) is 63.8 Å². The molecular weight excluding hydrogens is 240 g/mol. The summed E-state index contributed by atoms with van der Waals surface area (Å²) in [7, 11) is 0. The molecule has 0 spiro atoms. The molecule has 1 atom stereocenters. The Labute approximate surface area is 105 Å². The highest BCUT2D eigenvalue weighted by molar-refractivity contribution is 7.99. The minimum atomic E-state index is 0.272. The monoisotopic (exact) mass is 256 g/mol. The van der Waals surface area contributed by atoms with Crippen LogP contribution >= 0.6 is 24.0 Å². The summed E-state index contributed by atoms with van der Waals surface area (Å²) in [6.45, 7) is 3.04. The van der Waals surface area contributed by atoms with Crippen LogP contribution in [0.5, 0.6) is 0 Å². The molecule has 88 valence electrons. The van der Waals surface area contributed by atoms with E-state index in [1.807, 2.05) is 11.8 Å². The normalized spacial score (nSPS) is 12.1. The van der Waals surface area contributed by atoms with E-state index in [-0.39, 0.29) is 4.99 Å². The molecule has 1 aromatic rings. The van der Waals surface area contributed by atoms with Gasteiger partial charge in [-0.2, -0.15) is 11.8 Å². The van der Waals surface area contributed by atoms with E-state index in [9.17, 15) is 0 Å². The van der Waals surface area contributed by atoms with Gasteiger partial charge in [0.15, 0.2) is 5.82 Å². The molecule has 0 amide bonds. The molecular formula is C10H16N4S2. The van der Waals surface area contributed by atoms with Crippen molar-refractivity contribution in [3.8, 4) is 0 Å². The molecule has 0 saturated heterocycles. The van der Waals surface area contributed by atoms with Crippen LogP contribution in [0.4, 0.5) is 5.82 Å². The third-order valence-corrected chi connectivity index (χ3v) is 3.41. The second-order valence-electron chi connectivity index (χ2n) is 3.38. The summed E-state index contributed by atoms with van der Waals surface area (Å²) in [6, 6.07) is 0. The number of thioether (sulfide) groups is 1. The molecule has 1 heterocycles. The third-order valence-electron chi connectivity index (χ3n) is 2.18. The number of nitrogens with zero attached hydrogens (tertiary/aromatic N) is 2. The average Bonchev–Trinajstić information content (AvgIpc) is 2.29.